The Bertz CT molecular complexity index is 479. The van der Waals surface area contributed by atoms with Crippen molar-refractivity contribution in [1.82, 2.24) is 9.97 Å². The summed E-state index contributed by atoms with van der Waals surface area (Å²) in [7, 11) is 0. The van der Waals surface area contributed by atoms with Crippen LogP contribution in [0.3, 0.4) is 0 Å². The number of nitrogens with zero attached hydrogens (tertiary/aromatic N) is 3. The molecule has 0 saturated carbocycles. The molecule has 0 radical (unpaired) electrons. The van der Waals surface area contributed by atoms with Gasteiger partial charge in [-0.05, 0) is 4.98 Å². The van der Waals surface area contributed by atoms with E-state index in [1.807, 2.05) is 0 Å². The lowest BCUT2D eigenvalue weighted by Crippen LogP contribution is -2.29. The molecule has 6 nitrogen and oxygen atoms in total. The van der Waals surface area contributed by atoms with Crippen LogP contribution in [0.15, 0.2) is 28.0 Å². The molecule has 12 heavy (non-hydrogen) atoms. The van der Waals surface area contributed by atoms with Crippen LogP contribution in [0.4, 0.5) is 0 Å². The lowest BCUT2D eigenvalue weighted by atomic mass is 10.5. The zero-order valence-electron chi connectivity index (χ0n) is 5.80. The third-order valence-corrected chi connectivity index (χ3v) is 1.35. The first-order valence-corrected chi connectivity index (χ1v) is 3.11. The second kappa shape index (κ2) is 2.26. The van der Waals surface area contributed by atoms with Gasteiger partial charge < -0.3 is 9.62 Å². The van der Waals surface area contributed by atoms with Gasteiger partial charge >= 0.3 is 11.3 Å². The van der Waals surface area contributed by atoms with E-state index in [2.05, 4.69) is 14.4 Å². The Balaban J connectivity index is 3.05. The summed E-state index contributed by atoms with van der Waals surface area (Å²) in [5.74, 6) is 0. The highest BCUT2D eigenvalue weighted by Crippen LogP contribution is 1.93. The number of rotatable bonds is 0. The second-order valence-electron chi connectivity index (χ2n) is 2.07. The van der Waals surface area contributed by atoms with Crippen LogP contribution in [0, 0.1) is 5.21 Å². The minimum atomic E-state index is -0.662. The molecule has 6 heteroatoms. The molecule has 60 valence electrons. The largest absolute Gasteiger partial charge is 0.710 e. The number of hydrogen-bond acceptors (Lipinski definition) is 5. The maximum absolute atomic E-state index is 11.0. The van der Waals surface area contributed by atoms with Crippen LogP contribution in [0.1, 0.15) is 0 Å². The van der Waals surface area contributed by atoms with Crippen molar-refractivity contribution in [2.24, 2.45) is 0 Å². The lowest BCUT2D eigenvalue weighted by Gasteiger charge is -1.98. The van der Waals surface area contributed by atoms with E-state index in [1.54, 1.807) is 0 Å². The van der Waals surface area contributed by atoms with Crippen LogP contribution in [-0.4, -0.2) is 9.97 Å². The Morgan fingerprint density at radius 3 is 3.08 bits per heavy atom. The molecule has 2 aromatic rings. The minimum Gasteiger partial charge on any atom is -0.710 e. The summed E-state index contributed by atoms with van der Waals surface area (Å²) < 4.78 is 4.87. The number of aromatic nitrogens is 3. The molecule has 2 aromatic heterocycles. The van der Waals surface area contributed by atoms with E-state index in [0.29, 0.717) is 4.73 Å². The van der Waals surface area contributed by atoms with Gasteiger partial charge in [-0.3, -0.25) is 0 Å². The Hall–Kier alpha value is -1.98. The van der Waals surface area contributed by atoms with Gasteiger partial charge in [0.25, 0.3) is 6.39 Å². The molecule has 0 amide bonds. The van der Waals surface area contributed by atoms with Gasteiger partial charge in [-0.15, -0.1) is 0 Å². The standard InChI is InChI=1S/C6H3N3O3/c10-6-4-5(8-3-12-6)9(11)2-1-7-4/h1-3H. The van der Waals surface area contributed by atoms with Crippen molar-refractivity contribution in [2.45, 2.75) is 0 Å². The van der Waals surface area contributed by atoms with Gasteiger partial charge in [0.1, 0.15) is 6.20 Å². The summed E-state index contributed by atoms with van der Waals surface area (Å²) in [5, 5.41) is 11.0. The van der Waals surface area contributed by atoms with E-state index >= 15 is 0 Å². The van der Waals surface area contributed by atoms with Crippen LogP contribution in [-0.2, 0) is 0 Å². The van der Waals surface area contributed by atoms with E-state index in [1.165, 1.54) is 6.20 Å². The summed E-state index contributed by atoms with van der Waals surface area (Å²) >= 11 is 0. The van der Waals surface area contributed by atoms with Gasteiger partial charge in [-0.1, -0.05) is 0 Å². The smallest absolute Gasteiger partial charge is 0.373 e. The SMILES string of the molecule is O=c1ocnc2c1ncc[n+]2[O-]. The third kappa shape index (κ3) is 0.815. The van der Waals surface area contributed by atoms with Crippen molar-refractivity contribution in [3.05, 3.63) is 34.4 Å². The first-order chi connectivity index (χ1) is 5.79. The predicted octanol–water partition coefficient (Wildman–Crippen LogP) is -0.784. The predicted molar refractivity (Wildman–Crippen MR) is 37.0 cm³/mol. The van der Waals surface area contributed by atoms with Crippen molar-refractivity contribution < 1.29 is 9.15 Å². The highest BCUT2D eigenvalue weighted by Gasteiger charge is 2.09. The molecular weight excluding hydrogens is 162 g/mol. The Labute approximate surface area is 65.7 Å². The summed E-state index contributed by atoms with van der Waals surface area (Å²) in [5.41, 5.74) is -0.756. The molecule has 2 heterocycles. The van der Waals surface area contributed by atoms with Crippen LogP contribution < -0.4 is 10.4 Å². The highest BCUT2D eigenvalue weighted by atomic mass is 16.5. The van der Waals surface area contributed by atoms with E-state index in [0.717, 1.165) is 12.6 Å². The van der Waals surface area contributed by atoms with Crippen LogP contribution >= 0.6 is 0 Å². The first kappa shape index (κ1) is 6.71. The van der Waals surface area contributed by atoms with Crippen molar-refractivity contribution in [3.63, 3.8) is 0 Å². The van der Waals surface area contributed by atoms with E-state index in [9.17, 15) is 10.0 Å². The molecule has 0 aliphatic heterocycles. The molecule has 0 aromatic carbocycles. The molecule has 0 bridgehead atoms. The Kier molecular flexibility index (Phi) is 1.26. The number of fused-ring (bicyclic) bond motifs is 1. The molecule has 0 aliphatic rings. The quantitative estimate of drug-likeness (QED) is 0.377. The van der Waals surface area contributed by atoms with Gasteiger partial charge in [0.15, 0.2) is 0 Å². The third-order valence-electron chi connectivity index (χ3n) is 1.35. The maximum atomic E-state index is 11.0. The molecular formula is C6H3N3O3. The Morgan fingerprint density at radius 2 is 2.33 bits per heavy atom. The van der Waals surface area contributed by atoms with Gasteiger partial charge in [-0.2, -0.15) is 0 Å². The molecule has 2 rings (SSSR count). The fraction of sp³-hybridized carbons (Fsp3) is 0. The minimum absolute atomic E-state index is 0.0336. The van der Waals surface area contributed by atoms with Crippen LogP contribution in [0.25, 0.3) is 11.2 Å². The molecule has 0 fully saturated rings. The van der Waals surface area contributed by atoms with Crippen molar-refractivity contribution >= 4 is 11.2 Å². The summed E-state index contributed by atoms with van der Waals surface area (Å²) in [6, 6.07) is 0. The molecule has 0 N–H and O–H groups in total. The average molecular weight is 165 g/mol. The van der Waals surface area contributed by atoms with Crippen molar-refractivity contribution in [3.8, 4) is 0 Å². The fourth-order valence-electron chi connectivity index (χ4n) is 0.843. The van der Waals surface area contributed by atoms with E-state index < -0.39 is 5.63 Å². The molecule has 0 aliphatic carbocycles. The van der Waals surface area contributed by atoms with Gasteiger partial charge in [0, 0.05) is 0 Å². The van der Waals surface area contributed by atoms with Gasteiger partial charge in [-0.25, -0.2) is 14.5 Å². The normalized spacial score (nSPS) is 10.3. The lowest BCUT2D eigenvalue weighted by molar-refractivity contribution is -0.579. The maximum Gasteiger partial charge on any atom is 0.373 e. The molecule has 0 unspecified atom stereocenters. The van der Waals surface area contributed by atoms with E-state index in [4.69, 9.17) is 0 Å². The molecule has 0 atom stereocenters. The fourth-order valence-corrected chi connectivity index (χ4v) is 0.843. The number of hydrogen-bond donors (Lipinski definition) is 0. The first-order valence-electron chi connectivity index (χ1n) is 3.11. The monoisotopic (exact) mass is 165 g/mol. The zero-order chi connectivity index (χ0) is 8.55. The van der Waals surface area contributed by atoms with Crippen molar-refractivity contribution in [1.29, 1.82) is 0 Å². The summed E-state index contributed by atoms with van der Waals surface area (Å²) in [6.45, 7) is 0. The van der Waals surface area contributed by atoms with E-state index in [-0.39, 0.29) is 11.2 Å². The second-order valence-corrected chi connectivity index (χ2v) is 2.07. The average Bonchev–Trinajstić information content (AvgIpc) is 2.07. The van der Waals surface area contributed by atoms with Crippen LogP contribution in [0.5, 0.6) is 0 Å². The zero-order valence-corrected chi connectivity index (χ0v) is 5.80. The summed E-state index contributed by atoms with van der Waals surface area (Å²) in [6.07, 6.45) is 3.30. The van der Waals surface area contributed by atoms with Gasteiger partial charge in [0.05, 0.1) is 6.20 Å². The summed E-state index contributed by atoms with van der Waals surface area (Å²) in [4.78, 5) is 18.1. The van der Waals surface area contributed by atoms with Crippen LogP contribution in [0.2, 0.25) is 0 Å². The van der Waals surface area contributed by atoms with Gasteiger partial charge in [0.2, 0.25) is 5.52 Å². The Morgan fingerprint density at radius 1 is 1.50 bits per heavy atom. The topological polar surface area (TPSA) is 82.9 Å². The van der Waals surface area contributed by atoms with Crippen molar-refractivity contribution in [2.75, 3.05) is 0 Å². The molecule has 0 spiro atoms. The highest BCUT2D eigenvalue weighted by molar-refractivity contribution is 5.62. The molecule has 0 saturated heterocycles.